The van der Waals surface area contributed by atoms with Gasteiger partial charge in [-0.3, -0.25) is 0 Å². The fourth-order valence-electron chi connectivity index (χ4n) is 0.526. The zero-order valence-electron chi connectivity index (χ0n) is 4.66. The average Bonchev–Trinajstić information content (AvgIpc) is 1.59. The normalized spacial score (nSPS) is 18.0. The van der Waals surface area contributed by atoms with E-state index in [0.717, 1.165) is 6.08 Å². The van der Waals surface area contributed by atoms with Gasteiger partial charge in [0.25, 0.3) is 5.95 Å². The fourth-order valence-corrected chi connectivity index (χ4v) is 0.526. The smallest absolute Gasteiger partial charge is 0.285 e. The van der Waals surface area contributed by atoms with Crippen LogP contribution in [0.25, 0.3) is 0 Å². The minimum atomic E-state index is -0.333. The SMILES string of the molecule is C=C1C=C(O)C=C(O)O1. The number of hydrogen-bond donors (Lipinski definition) is 2. The van der Waals surface area contributed by atoms with Crippen LogP contribution in [0, 0.1) is 0 Å². The van der Waals surface area contributed by atoms with Crippen molar-refractivity contribution >= 4 is 0 Å². The summed E-state index contributed by atoms with van der Waals surface area (Å²) in [5.74, 6) is -0.156. The molecule has 0 fully saturated rings. The molecule has 48 valence electrons. The molecule has 0 aromatic heterocycles. The Bertz CT molecular complexity index is 200. The molecule has 1 rings (SSSR count). The highest BCUT2D eigenvalue weighted by molar-refractivity contribution is 5.25. The van der Waals surface area contributed by atoms with E-state index >= 15 is 0 Å². The van der Waals surface area contributed by atoms with Gasteiger partial charge in [0.2, 0.25) is 0 Å². The molecular weight excluding hydrogens is 120 g/mol. The molecule has 1 aliphatic rings. The summed E-state index contributed by atoms with van der Waals surface area (Å²) < 4.78 is 4.54. The second-order valence-corrected chi connectivity index (χ2v) is 1.62. The Morgan fingerprint density at radius 2 is 2.00 bits per heavy atom. The van der Waals surface area contributed by atoms with Gasteiger partial charge < -0.3 is 14.9 Å². The molecule has 1 heterocycles. The van der Waals surface area contributed by atoms with Crippen LogP contribution in [0.15, 0.2) is 36.2 Å². The Labute approximate surface area is 52.2 Å². The van der Waals surface area contributed by atoms with E-state index in [0.29, 0.717) is 0 Å². The zero-order chi connectivity index (χ0) is 6.85. The lowest BCUT2D eigenvalue weighted by Crippen LogP contribution is -1.96. The Balaban J connectivity index is 2.86. The molecule has 0 aromatic rings. The molecule has 0 bridgehead atoms. The third-order valence-corrected chi connectivity index (χ3v) is 0.816. The number of hydrogen-bond acceptors (Lipinski definition) is 3. The van der Waals surface area contributed by atoms with E-state index in [1.54, 1.807) is 0 Å². The fraction of sp³-hybridized carbons (Fsp3) is 0. The number of aliphatic hydroxyl groups is 2. The van der Waals surface area contributed by atoms with Gasteiger partial charge >= 0.3 is 0 Å². The van der Waals surface area contributed by atoms with Crippen LogP contribution in [0.3, 0.4) is 0 Å². The standard InChI is InChI=1S/C6H6O3/c1-4-2-5(7)3-6(8)9-4/h2-3,7-8H,1H2. The first kappa shape index (κ1) is 5.75. The highest BCUT2D eigenvalue weighted by atomic mass is 16.6. The predicted octanol–water partition coefficient (Wildman–Crippen LogP) is 1.37. The molecule has 0 atom stereocenters. The predicted molar refractivity (Wildman–Crippen MR) is 31.6 cm³/mol. The molecule has 0 radical (unpaired) electrons. The maximum Gasteiger partial charge on any atom is 0.285 e. The number of aliphatic hydroxyl groups excluding tert-OH is 2. The highest BCUT2D eigenvalue weighted by Crippen LogP contribution is 2.12. The number of rotatable bonds is 0. The van der Waals surface area contributed by atoms with E-state index in [4.69, 9.17) is 10.2 Å². The van der Waals surface area contributed by atoms with Gasteiger partial charge in [-0.15, -0.1) is 0 Å². The van der Waals surface area contributed by atoms with Crippen molar-refractivity contribution in [1.29, 1.82) is 0 Å². The van der Waals surface area contributed by atoms with Crippen LogP contribution in [-0.4, -0.2) is 10.2 Å². The Kier molecular flexibility index (Phi) is 1.18. The van der Waals surface area contributed by atoms with Crippen LogP contribution in [0.2, 0.25) is 0 Å². The molecule has 0 unspecified atom stereocenters. The van der Waals surface area contributed by atoms with Crippen molar-refractivity contribution < 1.29 is 14.9 Å². The van der Waals surface area contributed by atoms with Gasteiger partial charge in [-0.25, -0.2) is 0 Å². The molecule has 1 aliphatic heterocycles. The van der Waals surface area contributed by atoms with Gasteiger partial charge in [0.1, 0.15) is 11.5 Å². The number of ether oxygens (including phenoxy) is 1. The minimum Gasteiger partial charge on any atom is -0.508 e. The number of allylic oxidation sites excluding steroid dienone is 2. The molecule has 0 aromatic carbocycles. The molecule has 3 heteroatoms. The van der Waals surface area contributed by atoms with E-state index in [9.17, 15) is 0 Å². The van der Waals surface area contributed by atoms with Gasteiger partial charge in [0.15, 0.2) is 0 Å². The average molecular weight is 126 g/mol. The van der Waals surface area contributed by atoms with E-state index in [2.05, 4.69) is 11.3 Å². The van der Waals surface area contributed by atoms with E-state index < -0.39 is 0 Å². The first-order valence-electron chi connectivity index (χ1n) is 2.36. The van der Waals surface area contributed by atoms with Gasteiger partial charge in [0.05, 0.1) is 6.08 Å². The second kappa shape index (κ2) is 1.85. The summed E-state index contributed by atoms with van der Waals surface area (Å²) >= 11 is 0. The van der Waals surface area contributed by atoms with Crippen LogP contribution in [0.4, 0.5) is 0 Å². The van der Waals surface area contributed by atoms with Crippen molar-refractivity contribution in [2.45, 2.75) is 0 Å². The first-order valence-corrected chi connectivity index (χ1v) is 2.36. The zero-order valence-corrected chi connectivity index (χ0v) is 4.66. The maximum absolute atomic E-state index is 8.73. The van der Waals surface area contributed by atoms with Crippen LogP contribution in [-0.2, 0) is 4.74 Å². The van der Waals surface area contributed by atoms with Crippen LogP contribution < -0.4 is 0 Å². The van der Waals surface area contributed by atoms with Crippen molar-refractivity contribution in [2.24, 2.45) is 0 Å². The molecule has 0 saturated heterocycles. The topological polar surface area (TPSA) is 49.7 Å². The summed E-state index contributed by atoms with van der Waals surface area (Å²) in [6.07, 6.45) is 2.40. The highest BCUT2D eigenvalue weighted by Gasteiger charge is 2.04. The van der Waals surface area contributed by atoms with Crippen molar-refractivity contribution in [2.75, 3.05) is 0 Å². The quantitative estimate of drug-likeness (QED) is 0.515. The molecule has 0 aliphatic carbocycles. The third-order valence-electron chi connectivity index (χ3n) is 0.816. The summed E-state index contributed by atoms with van der Waals surface area (Å²) in [5.41, 5.74) is 0. The van der Waals surface area contributed by atoms with E-state index in [1.807, 2.05) is 0 Å². The Morgan fingerprint density at radius 1 is 1.33 bits per heavy atom. The lowest BCUT2D eigenvalue weighted by molar-refractivity contribution is 0.146. The summed E-state index contributed by atoms with van der Waals surface area (Å²) in [5, 5.41) is 17.4. The Hall–Kier alpha value is -1.38. The lowest BCUT2D eigenvalue weighted by Gasteiger charge is -2.07. The first-order chi connectivity index (χ1) is 4.18. The molecule has 9 heavy (non-hydrogen) atoms. The van der Waals surface area contributed by atoms with Crippen LogP contribution in [0.1, 0.15) is 0 Å². The van der Waals surface area contributed by atoms with E-state index in [-0.39, 0.29) is 17.5 Å². The van der Waals surface area contributed by atoms with Gasteiger partial charge in [0, 0.05) is 6.08 Å². The molecule has 0 amide bonds. The molecule has 2 N–H and O–H groups in total. The van der Waals surface area contributed by atoms with Gasteiger partial charge in [-0.1, -0.05) is 6.58 Å². The molecule has 3 nitrogen and oxygen atoms in total. The van der Waals surface area contributed by atoms with Crippen molar-refractivity contribution in [3.63, 3.8) is 0 Å². The van der Waals surface area contributed by atoms with Crippen molar-refractivity contribution in [3.8, 4) is 0 Å². The third kappa shape index (κ3) is 1.25. The maximum atomic E-state index is 8.73. The lowest BCUT2D eigenvalue weighted by atomic mass is 10.3. The summed E-state index contributed by atoms with van der Waals surface area (Å²) in [6.45, 7) is 3.36. The van der Waals surface area contributed by atoms with Gasteiger partial charge in [-0.05, 0) is 0 Å². The molecule has 0 saturated carbocycles. The monoisotopic (exact) mass is 126 g/mol. The van der Waals surface area contributed by atoms with Crippen molar-refractivity contribution in [1.82, 2.24) is 0 Å². The molecular formula is C6H6O3. The Morgan fingerprint density at radius 3 is 2.44 bits per heavy atom. The van der Waals surface area contributed by atoms with Crippen LogP contribution >= 0.6 is 0 Å². The van der Waals surface area contributed by atoms with Gasteiger partial charge in [-0.2, -0.15) is 0 Å². The second-order valence-electron chi connectivity index (χ2n) is 1.62. The molecule has 0 spiro atoms. The van der Waals surface area contributed by atoms with Crippen molar-refractivity contribution in [3.05, 3.63) is 36.2 Å². The van der Waals surface area contributed by atoms with Crippen LogP contribution in [0.5, 0.6) is 0 Å². The summed E-state index contributed by atoms with van der Waals surface area (Å²) in [6, 6.07) is 0. The van der Waals surface area contributed by atoms with E-state index in [1.165, 1.54) is 6.08 Å². The largest absolute Gasteiger partial charge is 0.508 e. The summed E-state index contributed by atoms with van der Waals surface area (Å²) in [7, 11) is 0. The minimum absolute atomic E-state index is 0.0521. The summed E-state index contributed by atoms with van der Waals surface area (Å²) in [4.78, 5) is 0.